The molecule has 1 aromatic carbocycles. The van der Waals surface area contributed by atoms with Gasteiger partial charge in [-0.2, -0.15) is 0 Å². The highest BCUT2D eigenvalue weighted by molar-refractivity contribution is 5.89. The number of carbonyl (C=O) groups is 3. The Balaban J connectivity index is 2.93. The number of hydrogen-bond donors (Lipinski definition) is 5. The number of aliphatic carboxylic acids is 1. The first-order valence-electron chi connectivity index (χ1n) is 8.52. The van der Waals surface area contributed by atoms with Crippen molar-refractivity contribution in [1.29, 1.82) is 0 Å². The van der Waals surface area contributed by atoms with Crippen LogP contribution >= 0.6 is 0 Å². The summed E-state index contributed by atoms with van der Waals surface area (Å²) in [6, 6.07) is 3.87. The molecule has 1 aromatic rings. The predicted molar refractivity (Wildman–Crippen MR) is 98.2 cm³/mol. The van der Waals surface area contributed by atoms with E-state index in [-0.39, 0.29) is 25.1 Å². The van der Waals surface area contributed by atoms with Crippen molar-refractivity contribution in [2.45, 2.75) is 51.3 Å². The number of carboxylic acids is 1. The Bertz CT molecular complexity index is 654. The molecule has 0 aliphatic rings. The molecule has 27 heavy (non-hydrogen) atoms. The van der Waals surface area contributed by atoms with E-state index in [0.717, 1.165) is 0 Å². The fourth-order valence-electron chi connectivity index (χ4n) is 2.22. The predicted octanol–water partition coefficient (Wildman–Crippen LogP) is 0.746. The summed E-state index contributed by atoms with van der Waals surface area (Å²) in [5.41, 5.74) is 5.28. The molecule has 1 rings (SSSR count). The van der Waals surface area contributed by atoms with Gasteiger partial charge in [-0.3, -0.25) is 4.79 Å². The second kappa shape index (κ2) is 9.77. The fraction of sp³-hybridized carbons (Fsp3) is 0.500. The molecule has 0 aliphatic carbocycles. The van der Waals surface area contributed by atoms with Gasteiger partial charge in [-0.15, -0.1) is 0 Å². The lowest BCUT2D eigenvalue weighted by Gasteiger charge is -2.24. The van der Waals surface area contributed by atoms with Gasteiger partial charge >= 0.3 is 12.1 Å². The van der Waals surface area contributed by atoms with Crippen molar-refractivity contribution in [3.8, 4) is 5.75 Å². The summed E-state index contributed by atoms with van der Waals surface area (Å²) in [5.74, 6) is -1.82. The van der Waals surface area contributed by atoms with Gasteiger partial charge in [0.15, 0.2) is 0 Å². The van der Waals surface area contributed by atoms with Crippen LogP contribution in [0, 0.1) is 0 Å². The quantitative estimate of drug-likeness (QED) is 0.445. The van der Waals surface area contributed by atoms with Crippen molar-refractivity contribution in [3.05, 3.63) is 29.8 Å². The van der Waals surface area contributed by atoms with Gasteiger partial charge in [0.2, 0.25) is 5.91 Å². The summed E-state index contributed by atoms with van der Waals surface area (Å²) in [7, 11) is 0. The minimum Gasteiger partial charge on any atom is -0.508 e. The summed E-state index contributed by atoms with van der Waals surface area (Å²) in [6.45, 7) is 5.13. The molecule has 6 N–H and O–H groups in total. The van der Waals surface area contributed by atoms with E-state index < -0.39 is 35.7 Å². The van der Waals surface area contributed by atoms with Crippen LogP contribution in [-0.4, -0.2) is 52.4 Å². The van der Waals surface area contributed by atoms with E-state index in [0.29, 0.717) is 5.56 Å². The molecule has 0 radical (unpaired) electrons. The van der Waals surface area contributed by atoms with Crippen molar-refractivity contribution < 1.29 is 29.3 Å². The van der Waals surface area contributed by atoms with E-state index >= 15 is 0 Å². The third kappa shape index (κ3) is 8.41. The van der Waals surface area contributed by atoms with Gasteiger partial charge in [0.25, 0.3) is 0 Å². The summed E-state index contributed by atoms with van der Waals surface area (Å²) >= 11 is 0. The van der Waals surface area contributed by atoms with Crippen LogP contribution in [0.1, 0.15) is 32.8 Å². The Morgan fingerprint density at radius 3 is 2.19 bits per heavy atom. The van der Waals surface area contributed by atoms with Gasteiger partial charge in [-0.25, -0.2) is 9.59 Å². The molecule has 0 saturated heterocycles. The largest absolute Gasteiger partial charge is 0.508 e. The standard InChI is InChI=1S/C18H27N3O6/c1-18(2,3)27-17(26)21-14(10-11-4-6-12(22)7-5-11)15(23)20-13(8-9-19)16(24)25/h4-7,13-14,22H,8-10,19H2,1-3H3,(H,20,23)(H,21,26)(H,24,25)/t13-,14+/m1/s1. The van der Waals surface area contributed by atoms with Crippen molar-refractivity contribution in [2.75, 3.05) is 6.54 Å². The molecule has 0 aromatic heterocycles. The topological polar surface area (TPSA) is 151 Å². The van der Waals surface area contributed by atoms with Gasteiger partial charge in [0, 0.05) is 6.42 Å². The first kappa shape index (κ1) is 22.2. The molecule has 0 unspecified atom stereocenters. The van der Waals surface area contributed by atoms with E-state index in [1.807, 2.05) is 0 Å². The third-order valence-electron chi connectivity index (χ3n) is 3.45. The number of phenols is 1. The highest BCUT2D eigenvalue weighted by Crippen LogP contribution is 2.13. The van der Waals surface area contributed by atoms with Crippen molar-refractivity contribution in [2.24, 2.45) is 5.73 Å². The Morgan fingerprint density at radius 1 is 1.11 bits per heavy atom. The number of amides is 2. The number of aromatic hydroxyl groups is 1. The number of nitrogens with one attached hydrogen (secondary N) is 2. The van der Waals surface area contributed by atoms with Crippen molar-refractivity contribution in [1.82, 2.24) is 10.6 Å². The maximum Gasteiger partial charge on any atom is 0.408 e. The van der Waals surface area contributed by atoms with Crippen LogP contribution in [0.5, 0.6) is 5.75 Å². The van der Waals surface area contributed by atoms with Crippen LogP contribution < -0.4 is 16.4 Å². The van der Waals surface area contributed by atoms with Crippen LogP contribution in [-0.2, 0) is 20.7 Å². The lowest BCUT2D eigenvalue weighted by molar-refractivity contribution is -0.142. The van der Waals surface area contributed by atoms with Gasteiger partial charge in [0.1, 0.15) is 23.4 Å². The van der Waals surface area contributed by atoms with Gasteiger partial charge in [-0.1, -0.05) is 12.1 Å². The molecule has 9 heteroatoms. The van der Waals surface area contributed by atoms with E-state index in [1.54, 1.807) is 32.9 Å². The summed E-state index contributed by atoms with van der Waals surface area (Å²) in [4.78, 5) is 35.9. The number of carbonyl (C=O) groups excluding carboxylic acids is 2. The highest BCUT2D eigenvalue weighted by atomic mass is 16.6. The van der Waals surface area contributed by atoms with Crippen molar-refractivity contribution >= 4 is 18.0 Å². The first-order valence-corrected chi connectivity index (χ1v) is 8.52. The lowest BCUT2D eigenvalue weighted by atomic mass is 10.0. The van der Waals surface area contributed by atoms with E-state index in [4.69, 9.17) is 10.5 Å². The summed E-state index contributed by atoms with van der Waals surface area (Å²) in [6.07, 6.45) is -0.660. The molecule has 0 fully saturated rings. The molecular weight excluding hydrogens is 354 g/mol. The number of rotatable bonds is 8. The van der Waals surface area contributed by atoms with E-state index in [2.05, 4.69) is 10.6 Å². The summed E-state index contributed by atoms with van der Waals surface area (Å²) < 4.78 is 5.17. The fourth-order valence-corrected chi connectivity index (χ4v) is 2.22. The average molecular weight is 381 g/mol. The minimum atomic E-state index is -1.21. The van der Waals surface area contributed by atoms with E-state index in [1.165, 1.54) is 12.1 Å². The monoisotopic (exact) mass is 381 g/mol. The number of nitrogens with two attached hydrogens (primary N) is 1. The molecule has 9 nitrogen and oxygen atoms in total. The lowest BCUT2D eigenvalue weighted by Crippen LogP contribution is -2.53. The Labute approximate surface area is 157 Å². The normalized spacial score (nSPS) is 13.3. The smallest absolute Gasteiger partial charge is 0.408 e. The van der Waals surface area contributed by atoms with Gasteiger partial charge < -0.3 is 31.3 Å². The number of ether oxygens (including phenoxy) is 1. The third-order valence-corrected chi connectivity index (χ3v) is 3.45. The van der Waals surface area contributed by atoms with Crippen LogP contribution in [0.4, 0.5) is 4.79 Å². The molecule has 2 atom stereocenters. The number of hydrogen-bond acceptors (Lipinski definition) is 6. The van der Waals surface area contributed by atoms with Crippen LogP contribution in [0.25, 0.3) is 0 Å². The summed E-state index contributed by atoms with van der Waals surface area (Å²) in [5, 5.41) is 23.4. The Kier molecular flexibility index (Phi) is 8.04. The SMILES string of the molecule is CC(C)(C)OC(=O)N[C@@H](Cc1ccc(O)cc1)C(=O)N[C@H](CCN)C(=O)O. The minimum absolute atomic E-state index is 0.0550. The highest BCUT2D eigenvalue weighted by Gasteiger charge is 2.28. The van der Waals surface area contributed by atoms with Crippen LogP contribution in [0.2, 0.25) is 0 Å². The van der Waals surface area contributed by atoms with E-state index in [9.17, 15) is 24.6 Å². The first-order chi connectivity index (χ1) is 12.5. The zero-order valence-corrected chi connectivity index (χ0v) is 15.7. The maximum atomic E-state index is 12.6. The number of carboxylic acid groups (broad SMARTS) is 1. The zero-order chi connectivity index (χ0) is 20.6. The van der Waals surface area contributed by atoms with Crippen molar-refractivity contribution in [3.63, 3.8) is 0 Å². The maximum absolute atomic E-state index is 12.6. The van der Waals surface area contributed by atoms with Crippen LogP contribution in [0.3, 0.4) is 0 Å². The average Bonchev–Trinajstić information content (AvgIpc) is 2.53. The zero-order valence-electron chi connectivity index (χ0n) is 15.7. The molecule has 0 heterocycles. The number of phenolic OH excluding ortho intramolecular Hbond substituents is 1. The second-order valence-electron chi connectivity index (χ2n) is 7.05. The molecule has 0 saturated carbocycles. The Hall–Kier alpha value is -2.81. The van der Waals surface area contributed by atoms with Gasteiger partial charge in [0.05, 0.1) is 0 Å². The molecular formula is C18H27N3O6. The number of alkyl carbamates (subject to hydrolysis) is 1. The number of benzene rings is 1. The molecule has 0 bridgehead atoms. The molecule has 0 aliphatic heterocycles. The second-order valence-corrected chi connectivity index (χ2v) is 7.05. The van der Waals surface area contributed by atoms with Crippen LogP contribution in [0.15, 0.2) is 24.3 Å². The Morgan fingerprint density at radius 2 is 1.70 bits per heavy atom. The van der Waals surface area contributed by atoms with Gasteiger partial charge in [-0.05, 0) is 51.4 Å². The molecule has 0 spiro atoms. The molecule has 2 amide bonds. The molecule has 150 valence electrons.